The summed E-state index contributed by atoms with van der Waals surface area (Å²) in [4.78, 5) is 21.7. The highest BCUT2D eigenvalue weighted by atomic mass is 19.1. The molecule has 1 fully saturated rings. The quantitative estimate of drug-likeness (QED) is 0.462. The van der Waals surface area contributed by atoms with Gasteiger partial charge in [-0.05, 0) is 38.0 Å². The molecule has 0 aliphatic carbocycles. The first-order valence-electron chi connectivity index (χ1n) is 10.7. The molecule has 4 aromatic rings. The maximum atomic E-state index is 15.0. The average molecular weight is 462 g/mol. The second-order valence-electron chi connectivity index (χ2n) is 8.36. The lowest BCUT2D eigenvalue weighted by atomic mass is 9.90. The van der Waals surface area contributed by atoms with Crippen molar-refractivity contribution < 1.29 is 13.5 Å². The smallest absolute Gasteiger partial charge is 0.294 e. The highest BCUT2D eigenvalue weighted by molar-refractivity contribution is 5.74. The SMILES string of the molecule is Cc1nc2c(-c3ccc(C#N)cc3F)nc([C@H]3CCO[C@H](c4cnn(C)c4)C3)cn2c(=O)c1F. The molecule has 0 saturated carbocycles. The molecule has 1 aromatic carbocycles. The second-order valence-corrected chi connectivity index (χ2v) is 8.36. The van der Waals surface area contributed by atoms with Gasteiger partial charge in [-0.25, -0.2) is 14.4 Å². The van der Waals surface area contributed by atoms with Crippen molar-refractivity contribution in [1.82, 2.24) is 24.1 Å². The summed E-state index contributed by atoms with van der Waals surface area (Å²) in [5.74, 6) is -1.78. The summed E-state index contributed by atoms with van der Waals surface area (Å²) in [6.07, 6.45) is 6.08. The zero-order valence-electron chi connectivity index (χ0n) is 18.5. The van der Waals surface area contributed by atoms with E-state index < -0.39 is 17.2 Å². The van der Waals surface area contributed by atoms with Crippen molar-refractivity contribution in [2.45, 2.75) is 31.8 Å². The molecule has 0 unspecified atom stereocenters. The Kier molecular flexibility index (Phi) is 5.42. The molecule has 0 bridgehead atoms. The van der Waals surface area contributed by atoms with E-state index in [0.29, 0.717) is 25.1 Å². The van der Waals surface area contributed by atoms with Gasteiger partial charge in [0.05, 0.1) is 35.3 Å². The van der Waals surface area contributed by atoms with E-state index in [0.717, 1.165) is 16.0 Å². The highest BCUT2D eigenvalue weighted by Crippen LogP contribution is 2.37. The number of ether oxygens (including phenoxy) is 1. The highest BCUT2D eigenvalue weighted by Gasteiger charge is 2.29. The van der Waals surface area contributed by atoms with Gasteiger partial charge in [0.1, 0.15) is 11.5 Å². The van der Waals surface area contributed by atoms with Crippen LogP contribution in [0.4, 0.5) is 8.78 Å². The molecule has 10 heteroatoms. The lowest BCUT2D eigenvalue weighted by Crippen LogP contribution is -2.24. The fourth-order valence-corrected chi connectivity index (χ4v) is 4.30. The topological polar surface area (TPSA) is 98.1 Å². The van der Waals surface area contributed by atoms with E-state index in [1.165, 1.54) is 25.3 Å². The van der Waals surface area contributed by atoms with Crippen LogP contribution in [0.15, 0.2) is 41.6 Å². The van der Waals surface area contributed by atoms with Crippen LogP contribution in [-0.2, 0) is 11.8 Å². The molecule has 0 N–H and O–H groups in total. The van der Waals surface area contributed by atoms with Crippen LogP contribution in [0.2, 0.25) is 0 Å². The summed E-state index contributed by atoms with van der Waals surface area (Å²) < 4.78 is 38.2. The monoisotopic (exact) mass is 462 g/mol. The molecule has 4 heterocycles. The molecule has 1 aliphatic rings. The van der Waals surface area contributed by atoms with Crippen LogP contribution in [-0.4, -0.2) is 30.8 Å². The van der Waals surface area contributed by atoms with E-state index in [4.69, 9.17) is 15.0 Å². The largest absolute Gasteiger partial charge is 0.373 e. The van der Waals surface area contributed by atoms with Crippen molar-refractivity contribution in [3.63, 3.8) is 0 Å². The summed E-state index contributed by atoms with van der Waals surface area (Å²) in [5, 5.41) is 13.3. The van der Waals surface area contributed by atoms with Gasteiger partial charge in [-0.1, -0.05) is 0 Å². The van der Waals surface area contributed by atoms with Crippen molar-refractivity contribution in [2.75, 3.05) is 6.61 Å². The van der Waals surface area contributed by atoms with Gasteiger partial charge in [0, 0.05) is 43.1 Å². The van der Waals surface area contributed by atoms with Crippen LogP contribution in [0.3, 0.4) is 0 Å². The van der Waals surface area contributed by atoms with E-state index in [9.17, 15) is 13.6 Å². The van der Waals surface area contributed by atoms with E-state index in [2.05, 4.69) is 10.1 Å². The Labute approximate surface area is 193 Å². The van der Waals surface area contributed by atoms with Crippen molar-refractivity contribution in [3.8, 4) is 17.3 Å². The van der Waals surface area contributed by atoms with Gasteiger partial charge in [-0.3, -0.25) is 13.9 Å². The zero-order chi connectivity index (χ0) is 24.0. The normalized spacial score (nSPS) is 18.2. The lowest BCUT2D eigenvalue weighted by molar-refractivity contribution is 0.00455. The standard InChI is InChI=1S/C24H20F2N6O2/c1-13-21(26)24(33)32-12-19(15-5-6-34-20(8-15)16-10-28-31(2)11-16)30-22(23(32)29-13)17-4-3-14(9-27)7-18(17)25/h3-4,7,10-12,15,20H,5-6,8H2,1-2H3/t15-,20-/m0/s1. The Balaban J connectivity index is 1.67. The van der Waals surface area contributed by atoms with Crippen molar-refractivity contribution in [2.24, 2.45) is 7.05 Å². The third-order valence-electron chi connectivity index (χ3n) is 6.09. The van der Waals surface area contributed by atoms with Crippen LogP contribution in [0.25, 0.3) is 16.9 Å². The van der Waals surface area contributed by atoms with Gasteiger partial charge in [0.25, 0.3) is 5.56 Å². The zero-order valence-corrected chi connectivity index (χ0v) is 18.5. The summed E-state index contributed by atoms with van der Waals surface area (Å²) >= 11 is 0. The van der Waals surface area contributed by atoms with Gasteiger partial charge in [-0.15, -0.1) is 0 Å². The summed E-state index contributed by atoms with van der Waals surface area (Å²) in [6.45, 7) is 1.83. The maximum absolute atomic E-state index is 15.0. The van der Waals surface area contributed by atoms with E-state index in [1.807, 2.05) is 19.3 Å². The van der Waals surface area contributed by atoms with Crippen molar-refractivity contribution >= 4 is 5.65 Å². The first-order chi connectivity index (χ1) is 16.4. The minimum absolute atomic E-state index is 0.0483. The van der Waals surface area contributed by atoms with Crippen LogP contribution in [0.5, 0.6) is 0 Å². The van der Waals surface area contributed by atoms with Crippen LogP contribution >= 0.6 is 0 Å². The molecular formula is C24H20F2N6O2. The third-order valence-corrected chi connectivity index (χ3v) is 6.09. The Hall–Kier alpha value is -3.97. The summed E-state index contributed by atoms with van der Waals surface area (Å²) in [6, 6.07) is 5.88. The van der Waals surface area contributed by atoms with Crippen LogP contribution in [0.1, 0.15) is 47.4 Å². The summed E-state index contributed by atoms with van der Waals surface area (Å²) in [5.41, 5.74) is 0.846. The van der Waals surface area contributed by atoms with Gasteiger partial charge in [0.2, 0.25) is 5.82 Å². The molecule has 2 atom stereocenters. The van der Waals surface area contributed by atoms with Crippen molar-refractivity contribution in [1.29, 1.82) is 5.26 Å². The van der Waals surface area contributed by atoms with E-state index >= 15 is 0 Å². The molecule has 1 saturated heterocycles. The Bertz CT molecular complexity index is 1520. The number of aromatic nitrogens is 5. The number of fused-ring (bicyclic) bond motifs is 1. The molecular weight excluding hydrogens is 442 g/mol. The molecule has 1 aliphatic heterocycles. The Morgan fingerprint density at radius 2 is 2.06 bits per heavy atom. The third kappa shape index (κ3) is 3.74. The molecule has 0 amide bonds. The first kappa shape index (κ1) is 21.9. The fraction of sp³-hybridized carbons (Fsp3) is 0.292. The van der Waals surface area contributed by atoms with Crippen LogP contribution in [0, 0.1) is 29.9 Å². The fourth-order valence-electron chi connectivity index (χ4n) is 4.30. The lowest BCUT2D eigenvalue weighted by Gasteiger charge is -2.29. The van der Waals surface area contributed by atoms with Gasteiger partial charge < -0.3 is 4.74 Å². The Morgan fingerprint density at radius 3 is 2.76 bits per heavy atom. The van der Waals surface area contributed by atoms with Crippen molar-refractivity contribution in [3.05, 3.63) is 81.3 Å². The number of nitrogens with zero attached hydrogens (tertiary/aromatic N) is 6. The molecule has 3 aromatic heterocycles. The second kappa shape index (κ2) is 8.43. The van der Waals surface area contributed by atoms with Gasteiger partial charge >= 0.3 is 0 Å². The molecule has 0 spiro atoms. The minimum atomic E-state index is -0.971. The molecule has 5 rings (SSSR count). The van der Waals surface area contributed by atoms with Gasteiger partial charge in [0.15, 0.2) is 5.65 Å². The number of benzene rings is 1. The predicted octanol–water partition coefficient (Wildman–Crippen LogP) is 3.58. The molecule has 8 nitrogen and oxygen atoms in total. The maximum Gasteiger partial charge on any atom is 0.294 e. The number of aryl methyl sites for hydroxylation is 2. The van der Waals surface area contributed by atoms with E-state index in [-0.39, 0.29) is 40.2 Å². The molecule has 34 heavy (non-hydrogen) atoms. The number of hydrogen-bond donors (Lipinski definition) is 0. The predicted molar refractivity (Wildman–Crippen MR) is 118 cm³/mol. The molecule has 172 valence electrons. The first-order valence-corrected chi connectivity index (χ1v) is 10.7. The van der Waals surface area contributed by atoms with Crippen LogP contribution < -0.4 is 5.56 Å². The number of rotatable bonds is 3. The number of hydrogen-bond acceptors (Lipinski definition) is 6. The number of halogens is 2. The Morgan fingerprint density at radius 1 is 1.24 bits per heavy atom. The van der Waals surface area contributed by atoms with E-state index in [1.54, 1.807) is 10.9 Å². The number of nitriles is 1. The average Bonchev–Trinajstić information content (AvgIpc) is 3.28. The van der Waals surface area contributed by atoms with Gasteiger partial charge in [-0.2, -0.15) is 14.8 Å². The minimum Gasteiger partial charge on any atom is -0.373 e. The summed E-state index contributed by atoms with van der Waals surface area (Å²) in [7, 11) is 1.82. The molecule has 0 radical (unpaired) electrons.